The standard InChI is InChI=1S/C20H23ClN4O2/c1-14(11-22)24(2)20(26)12-25-18-6-4-3-5-17(18)23-19(25)13-27-16-9-7-15(21)8-10-16/h3-10,14H,11-13,22H2,1-2H3. The number of aromatic nitrogens is 2. The number of fused-ring (bicyclic) bond motifs is 1. The smallest absolute Gasteiger partial charge is 0.242 e. The molecule has 0 bridgehead atoms. The van der Waals surface area contributed by atoms with Crippen LogP contribution >= 0.6 is 11.6 Å². The number of carbonyl (C=O) groups is 1. The van der Waals surface area contributed by atoms with Gasteiger partial charge in [-0.2, -0.15) is 0 Å². The van der Waals surface area contributed by atoms with E-state index in [0.717, 1.165) is 11.0 Å². The van der Waals surface area contributed by atoms with Crippen molar-refractivity contribution in [2.75, 3.05) is 13.6 Å². The SMILES string of the molecule is CC(CN)N(C)C(=O)Cn1c(COc2ccc(Cl)cc2)nc2ccccc21. The molecule has 27 heavy (non-hydrogen) atoms. The topological polar surface area (TPSA) is 73.4 Å². The molecule has 0 saturated heterocycles. The van der Waals surface area contributed by atoms with Crippen LogP contribution in [0.15, 0.2) is 48.5 Å². The van der Waals surface area contributed by atoms with Gasteiger partial charge in [-0.1, -0.05) is 23.7 Å². The van der Waals surface area contributed by atoms with Crippen LogP contribution in [-0.4, -0.2) is 40.0 Å². The quantitative estimate of drug-likeness (QED) is 0.677. The van der Waals surface area contributed by atoms with Gasteiger partial charge in [0, 0.05) is 24.7 Å². The molecule has 142 valence electrons. The van der Waals surface area contributed by atoms with Gasteiger partial charge in [-0.05, 0) is 43.3 Å². The zero-order chi connectivity index (χ0) is 19.4. The molecule has 0 aliphatic carbocycles. The maximum absolute atomic E-state index is 12.7. The van der Waals surface area contributed by atoms with Gasteiger partial charge in [0.15, 0.2) is 0 Å². The fourth-order valence-corrected chi connectivity index (χ4v) is 2.87. The number of ether oxygens (including phenoxy) is 1. The van der Waals surface area contributed by atoms with E-state index in [1.165, 1.54) is 0 Å². The molecule has 0 aliphatic heterocycles. The summed E-state index contributed by atoms with van der Waals surface area (Å²) in [4.78, 5) is 19.0. The molecule has 0 aliphatic rings. The van der Waals surface area contributed by atoms with E-state index in [1.807, 2.05) is 35.8 Å². The highest BCUT2D eigenvalue weighted by Crippen LogP contribution is 2.20. The molecule has 0 spiro atoms. The summed E-state index contributed by atoms with van der Waals surface area (Å²) >= 11 is 5.91. The van der Waals surface area contributed by atoms with Crippen LogP contribution in [0.25, 0.3) is 11.0 Å². The monoisotopic (exact) mass is 386 g/mol. The number of hydrogen-bond acceptors (Lipinski definition) is 4. The van der Waals surface area contributed by atoms with Gasteiger partial charge >= 0.3 is 0 Å². The summed E-state index contributed by atoms with van der Waals surface area (Å²) in [6.45, 7) is 2.77. The first-order valence-electron chi connectivity index (χ1n) is 8.78. The summed E-state index contributed by atoms with van der Waals surface area (Å²) in [6, 6.07) is 14.9. The Morgan fingerprint density at radius 1 is 1.26 bits per heavy atom. The minimum atomic E-state index is -0.0268. The fraction of sp³-hybridized carbons (Fsp3) is 0.300. The molecule has 3 aromatic rings. The molecule has 1 atom stereocenters. The Bertz CT molecular complexity index is 923. The van der Waals surface area contributed by atoms with Crippen molar-refractivity contribution in [2.24, 2.45) is 5.73 Å². The van der Waals surface area contributed by atoms with Gasteiger partial charge in [-0.3, -0.25) is 4.79 Å². The third kappa shape index (κ3) is 4.40. The van der Waals surface area contributed by atoms with Crippen LogP contribution in [0.3, 0.4) is 0 Å². The number of nitrogens with two attached hydrogens (primary N) is 1. The minimum absolute atomic E-state index is 0.0242. The average molecular weight is 387 g/mol. The maximum atomic E-state index is 12.7. The van der Waals surface area contributed by atoms with Gasteiger partial charge in [0.1, 0.15) is 24.7 Å². The number of rotatable bonds is 7. The Labute approximate surface area is 163 Å². The van der Waals surface area contributed by atoms with E-state index in [4.69, 9.17) is 22.1 Å². The third-order valence-corrected chi connectivity index (χ3v) is 4.86. The highest BCUT2D eigenvalue weighted by molar-refractivity contribution is 6.30. The number of imidazole rings is 1. The Kier molecular flexibility index (Phi) is 5.98. The van der Waals surface area contributed by atoms with Gasteiger partial charge < -0.3 is 19.9 Å². The summed E-state index contributed by atoms with van der Waals surface area (Å²) in [5, 5.41) is 0.650. The number of likely N-dealkylation sites (N-methyl/N-ethyl adjacent to an activating group) is 1. The zero-order valence-electron chi connectivity index (χ0n) is 15.4. The van der Waals surface area contributed by atoms with Crippen molar-refractivity contribution in [3.8, 4) is 5.75 Å². The predicted molar refractivity (Wildman–Crippen MR) is 107 cm³/mol. The Balaban J connectivity index is 1.85. The van der Waals surface area contributed by atoms with E-state index < -0.39 is 0 Å². The molecule has 1 unspecified atom stereocenters. The zero-order valence-corrected chi connectivity index (χ0v) is 16.2. The van der Waals surface area contributed by atoms with Gasteiger partial charge in [-0.25, -0.2) is 4.98 Å². The normalized spacial score (nSPS) is 12.1. The minimum Gasteiger partial charge on any atom is -0.486 e. The van der Waals surface area contributed by atoms with E-state index in [0.29, 0.717) is 23.1 Å². The second-order valence-electron chi connectivity index (χ2n) is 6.43. The van der Waals surface area contributed by atoms with E-state index in [2.05, 4.69) is 4.98 Å². The van der Waals surface area contributed by atoms with Crippen molar-refractivity contribution in [2.45, 2.75) is 26.1 Å². The first kappa shape index (κ1) is 19.2. The highest BCUT2D eigenvalue weighted by Gasteiger charge is 2.19. The lowest BCUT2D eigenvalue weighted by atomic mass is 10.3. The van der Waals surface area contributed by atoms with Crippen LogP contribution in [0.2, 0.25) is 5.02 Å². The largest absolute Gasteiger partial charge is 0.486 e. The molecule has 3 rings (SSSR count). The number of amides is 1. The Morgan fingerprint density at radius 2 is 1.96 bits per heavy atom. The Hall–Kier alpha value is -2.57. The summed E-state index contributed by atoms with van der Waals surface area (Å²) in [7, 11) is 1.77. The number of hydrogen-bond donors (Lipinski definition) is 1. The molecule has 1 aromatic heterocycles. The fourth-order valence-electron chi connectivity index (χ4n) is 2.74. The molecule has 6 nitrogen and oxygen atoms in total. The number of nitrogens with zero attached hydrogens (tertiary/aromatic N) is 3. The number of benzene rings is 2. The van der Waals surface area contributed by atoms with Crippen molar-refractivity contribution in [3.63, 3.8) is 0 Å². The van der Waals surface area contributed by atoms with E-state index in [1.54, 1.807) is 36.2 Å². The van der Waals surface area contributed by atoms with Gasteiger partial charge in [-0.15, -0.1) is 0 Å². The first-order valence-corrected chi connectivity index (χ1v) is 9.15. The van der Waals surface area contributed by atoms with Crippen molar-refractivity contribution < 1.29 is 9.53 Å². The number of halogens is 1. The first-order chi connectivity index (χ1) is 13.0. The third-order valence-electron chi connectivity index (χ3n) is 4.60. The van der Waals surface area contributed by atoms with Crippen molar-refractivity contribution in [1.29, 1.82) is 0 Å². The summed E-state index contributed by atoms with van der Waals surface area (Å²) < 4.78 is 7.74. The average Bonchev–Trinajstić information content (AvgIpc) is 3.03. The van der Waals surface area contributed by atoms with Gasteiger partial charge in [0.25, 0.3) is 0 Å². The second kappa shape index (κ2) is 8.41. The number of para-hydroxylation sites is 2. The molecule has 0 radical (unpaired) electrons. The molecule has 2 aromatic carbocycles. The van der Waals surface area contributed by atoms with Gasteiger partial charge in [0.05, 0.1) is 11.0 Å². The van der Waals surface area contributed by atoms with Gasteiger partial charge in [0.2, 0.25) is 5.91 Å². The van der Waals surface area contributed by atoms with Crippen molar-refractivity contribution in [1.82, 2.24) is 14.5 Å². The number of carbonyl (C=O) groups excluding carboxylic acids is 1. The second-order valence-corrected chi connectivity index (χ2v) is 6.87. The lowest BCUT2D eigenvalue weighted by Gasteiger charge is -2.24. The maximum Gasteiger partial charge on any atom is 0.242 e. The van der Waals surface area contributed by atoms with Crippen molar-refractivity contribution in [3.05, 3.63) is 59.4 Å². The van der Waals surface area contributed by atoms with Crippen LogP contribution in [0.5, 0.6) is 5.75 Å². The van der Waals surface area contributed by atoms with Crippen LogP contribution in [0, 0.1) is 0 Å². The molecule has 2 N–H and O–H groups in total. The lowest BCUT2D eigenvalue weighted by molar-refractivity contribution is -0.132. The summed E-state index contributed by atoms with van der Waals surface area (Å²) in [5.74, 6) is 1.36. The van der Waals surface area contributed by atoms with Crippen LogP contribution in [-0.2, 0) is 17.9 Å². The van der Waals surface area contributed by atoms with Crippen LogP contribution in [0.4, 0.5) is 0 Å². The molecular formula is C20H23ClN4O2. The van der Waals surface area contributed by atoms with E-state index in [9.17, 15) is 4.79 Å². The highest BCUT2D eigenvalue weighted by atomic mass is 35.5. The molecule has 1 amide bonds. The van der Waals surface area contributed by atoms with E-state index in [-0.39, 0.29) is 25.1 Å². The Morgan fingerprint density at radius 3 is 2.67 bits per heavy atom. The lowest BCUT2D eigenvalue weighted by Crippen LogP contribution is -2.41. The molecule has 0 fully saturated rings. The molecular weight excluding hydrogens is 364 g/mol. The molecule has 7 heteroatoms. The predicted octanol–water partition coefficient (Wildman–Crippen LogP) is 3.07. The van der Waals surface area contributed by atoms with E-state index >= 15 is 0 Å². The summed E-state index contributed by atoms with van der Waals surface area (Å²) in [5.41, 5.74) is 7.41. The van der Waals surface area contributed by atoms with Crippen LogP contribution in [0.1, 0.15) is 12.7 Å². The summed E-state index contributed by atoms with van der Waals surface area (Å²) in [6.07, 6.45) is 0. The molecule has 0 saturated carbocycles. The van der Waals surface area contributed by atoms with Crippen LogP contribution < -0.4 is 10.5 Å². The van der Waals surface area contributed by atoms with Crippen molar-refractivity contribution >= 4 is 28.5 Å². The molecule has 1 heterocycles.